The van der Waals surface area contributed by atoms with Crippen LogP contribution in [0.25, 0.3) is 11.0 Å². The number of hydrazine groups is 1. The van der Waals surface area contributed by atoms with Crippen LogP contribution >= 0.6 is 0 Å². The first kappa shape index (κ1) is 15.8. The Hall–Kier alpha value is -3.04. The molecule has 9 heteroatoms. The Balaban J connectivity index is 1.81. The first-order valence-corrected chi connectivity index (χ1v) is 8.21. The van der Waals surface area contributed by atoms with Crippen molar-refractivity contribution in [1.29, 1.82) is 0 Å². The van der Waals surface area contributed by atoms with Crippen molar-refractivity contribution in [3.05, 3.63) is 70.8 Å². The zero-order valence-corrected chi connectivity index (χ0v) is 12.9. The van der Waals surface area contributed by atoms with E-state index in [1.807, 2.05) is 4.83 Å². The van der Waals surface area contributed by atoms with Gasteiger partial charge in [0.15, 0.2) is 0 Å². The third-order valence-corrected chi connectivity index (χ3v) is 4.34. The fraction of sp³-hybridized carbons (Fsp3) is 0. The lowest BCUT2D eigenvalue weighted by molar-refractivity contribution is 0.0940. The van der Waals surface area contributed by atoms with Gasteiger partial charge in [0.25, 0.3) is 15.9 Å². The van der Waals surface area contributed by atoms with Gasteiger partial charge in [0.2, 0.25) is 0 Å². The molecule has 3 aromatic rings. The van der Waals surface area contributed by atoms with E-state index in [0.717, 1.165) is 0 Å². The number of pyridine rings is 1. The van der Waals surface area contributed by atoms with Gasteiger partial charge in [0.05, 0.1) is 4.90 Å². The van der Waals surface area contributed by atoms with Gasteiger partial charge in [-0.2, -0.15) is 0 Å². The van der Waals surface area contributed by atoms with E-state index < -0.39 is 21.6 Å². The van der Waals surface area contributed by atoms with E-state index in [4.69, 9.17) is 4.42 Å². The first-order chi connectivity index (χ1) is 11.5. The van der Waals surface area contributed by atoms with Crippen molar-refractivity contribution in [2.24, 2.45) is 0 Å². The molecule has 1 aromatic carbocycles. The number of fused-ring (bicyclic) bond motifs is 1. The van der Waals surface area contributed by atoms with Gasteiger partial charge in [-0.3, -0.25) is 15.2 Å². The molecule has 8 nitrogen and oxygen atoms in total. The number of carbonyl (C=O) groups excluding carboxylic acids is 1. The molecule has 0 aliphatic heterocycles. The van der Waals surface area contributed by atoms with Crippen LogP contribution in [0, 0.1) is 0 Å². The third kappa shape index (κ3) is 3.31. The Labute approximate surface area is 136 Å². The molecule has 0 saturated carbocycles. The number of benzene rings is 1. The molecule has 24 heavy (non-hydrogen) atoms. The number of rotatable bonds is 4. The average Bonchev–Trinajstić information content (AvgIpc) is 2.60. The minimum atomic E-state index is -3.99. The van der Waals surface area contributed by atoms with Crippen LogP contribution in [0.15, 0.2) is 68.8 Å². The van der Waals surface area contributed by atoms with Crippen LogP contribution in [-0.2, 0) is 10.0 Å². The summed E-state index contributed by atoms with van der Waals surface area (Å²) in [6.45, 7) is 0. The van der Waals surface area contributed by atoms with E-state index in [1.165, 1.54) is 42.6 Å². The number of hydrogen-bond donors (Lipinski definition) is 2. The van der Waals surface area contributed by atoms with Gasteiger partial charge < -0.3 is 4.42 Å². The van der Waals surface area contributed by atoms with Crippen LogP contribution < -0.4 is 15.9 Å². The summed E-state index contributed by atoms with van der Waals surface area (Å²) in [5.41, 5.74) is 1.89. The van der Waals surface area contributed by atoms with Gasteiger partial charge in [-0.15, -0.1) is 4.83 Å². The minimum Gasteiger partial charge on any atom is -0.423 e. The summed E-state index contributed by atoms with van der Waals surface area (Å²) in [5, 5.41) is 0.438. The first-order valence-electron chi connectivity index (χ1n) is 6.73. The zero-order valence-electron chi connectivity index (χ0n) is 12.1. The topological polar surface area (TPSA) is 118 Å². The molecule has 0 spiro atoms. The monoisotopic (exact) mass is 345 g/mol. The number of sulfonamides is 1. The Morgan fingerprint density at radius 1 is 1.08 bits per heavy atom. The van der Waals surface area contributed by atoms with Gasteiger partial charge in [0, 0.05) is 17.6 Å². The van der Waals surface area contributed by atoms with Crippen LogP contribution in [0.5, 0.6) is 0 Å². The molecule has 0 unspecified atom stereocenters. The lowest BCUT2D eigenvalue weighted by Crippen LogP contribution is -2.41. The highest BCUT2D eigenvalue weighted by atomic mass is 32.2. The molecule has 2 heterocycles. The molecule has 0 fully saturated rings. The van der Waals surface area contributed by atoms with Crippen molar-refractivity contribution < 1.29 is 17.6 Å². The number of carbonyl (C=O) groups is 1. The van der Waals surface area contributed by atoms with E-state index in [9.17, 15) is 18.0 Å². The Kier molecular flexibility index (Phi) is 4.11. The summed E-state index contributed by atoms with van der Waals surface area (Å²) >= 11 is 0. The van der Waals surface area contributed by atoms with E-state index in [1.54, 1.807) is 12.1 Å². The van der Waals surface area contributed by atoms with E-state index in [2.05, 4.69) is 10.4 Å². The molecule has 0 radical (unpaired) electrons. The summed E-state index contributed by atoms with van der Waals surface area (Å²) < 4.78 is 29.4. The smallest absolute Gasteiger partial charge is 0.336 e. The summed E-state index contributed by atoms with van der Waals surface area (Å²) in [4.78, 5) is 28.7. The molecule has 2 N–H and O–H groups in total. The second kappa shape index (κ2) is 6.22. The average molecular weight is 345 g/mol. The summed E-state index contributed by atoms with van der Waals surface area (Å²) in [5.74, 6) is -0.689. The fourth-order valence-electron chi connectivity index (χ4n) is 1.95. The molecule has 2 aromatic heterocycles. The number of amides is 1. The molecule has 0 atom stereocenters. The van der Waals surface area contributed by atoms with Crippen LogP contribution in [0.1, 0.15) is 10.5 Å². The van der Waals surface area contributed by atoms with E-state index in [0.29, 0.717) is 5.39 Å². The van der Waals surface area contributed by atoms with Crippen molar-refractivity contribution in [2.45, 2.75) is 4.90 Å². The second-order valence-electron chi connectivity index (χ2n) is 4.73. The molecule has 0 bridgehead atoms. The molecule has 0 aliphatic rings. The number of nitrogens with zero attached hydrogens (tertiary/aromatic N) is 1. The van der Waals surface area contributed by atoms with Gasteiger partial charge >= 0.3 is 5.63 Å². The molecule has 122 valence electrons. The van der Waals surface area contributed by atoms with Gasteiger partial charge in [-0.05, 0) is 36.4 Å². The highest BCUT2D eigenvalue weighted by molar-refractivity contribution is 7.89. The molecule has 3 rings (SSSR count). The summed E-state index contributed by atoms with van der Waals surface area (Å²) in [6, 6.07) is 11.3. The maximum atomic E-state index is 12.2. The maximum Gasteiger partial charge on any atom is 0.336 e. The molecular weight excluding hydrogens is 334 g/mol. The molecule has 0 saturated heterocycles. The molecule has 0 aliphatic carbocycles. The summed E-state index contributed by atoms with van der Waals surface area (Å²) in [7, 11) is -3.99. The zero-order chi connectivity index (χ0) is 17.2. The van der Waals surface area contributed by atoms with Crippen LogP contribution in [0.3, 0.4) is 0 Å². The second-order valence-corrected chi connectivity index (χ2v) is 6.41. The van der Waals surface area contributed by atoms with Crippen molar-refractivity contribution in [3.8, 4) is 0 Å². The third-order valence-electron chi connectivity index (χ3n) is 3.10. The van der Waals surface area contributed by atoms with Crippen molar-refractivity contribution >= 4 is 26.9 Å². The lowest BCUT2D eigenvalue weighted by atomic mass is 10.2. The summed E-state index contributed by atoms with van der Waals surface area (Å²) in [6.07, 6.45) is 1.42. The quantitative estimate of drug-likeness (QED) is 0.534. The standard InChI is InChI=1S/C15H11N3O5S/c19-14-7-4-10-9-11(5-6-13(10)23-14)24(21,22)18-17-15(20)12-3-1-2-8-16-12/h1-9,18H,(H,17,20). The Morgan fingerprint density at radius 3 is 2.67 bits per heavy atom. The number of nitrogens with one attached hydrogen (secondary N) is 2. The normalized spacial score (nSPS) is 11.3. The van der Waals surface area contributed by atoms with Gasteiger partial charge in [-0.1, -0.05) is 6.07 Å². The number of hydrogen-bond acceptors (Lipinski definition) is 6. The minimum absolute atomic E-state index is 0.0699. The van der Waals surface area contributed by atoms with E-state index >= 15 is 0 Å². The van der Waals surface area contributed by atoms with E-state index in [-0.39, 0.29) is 16.2 Å². The largest absolute Gasteiger partial charge is 0.423 e. The molecule has 1 amide bonds. The number of aromatic nitrogens is 1. The Bertz CT molecular complexity index is 1060. The van der Waals surface area contributed by atoms with Crippen LogP contribution in [0.2, 0.25) is 0 Å². The van der Waals surface area contributed by atoms with Crippen LogP contribution in [-0.4, -0.2) is 19.3 Å². The predicted molar refractivity (Wildman–Crippen MR) is 84.5 cm³/mol. The van der Waals surface area contributed by atoms with Crippen molar-refractivity contribution in [2.75, 3.05) is 0 Å². The van der Waals surface area contributed by atoms with Gasteiger partial charge in [0.1, 0.15) is 11.3 Å². The predicted octanol–water partition coefficient (Wildman–Crippen LogP) is 0.811. The van der Waals surface area contributed by atoms with Crippen LogP contribution in [0.4, 0.5) is 0 Å². The SMILES string of the molecule is O=C(NNS(=O)(=O)c1ccc2oc(=O)ccc2c1)c1ccccn1. The van der Waals surface area contributed by atoms with Crippen molar-refractivity contribution in [1.82, 2.24) is 15.2 Å². The molecular formula is C15H11N3O5S. The highest BCUT2D eigenvalue weighted by Crippen LogP contribution is 2.17. The van der Waals surface area contributed by atoms with Gasteiger partial charge in [-0.25, -0.2) is 13.2 Å². The maximum absolute atomic E-state index is 12.2. The lowest BCUT2D eigenvalue weighted by Gasteiger charge is -2.08. The Morgan fingerprint density at radius 2 is 1.92 bits per heavy atom. The van der Waals surface area contributed by atoms with Crippen molar-refractivity contribution in [3.63, 3.8) is 0 Å². The highest BCUT2D eigenvalue weighted by Gasteiger charge is 2.17. The fourth-order valence-corrected chi connectivity index (χ4v) is 2.82.